The Bertz CT molecular complexity index is 1250. The molecule has 0 N–H and O–H groups in total. The molecule has 36 heavy (non-hydrogen) atoms. The molecule has 8 heteroatoms. The monoisotopic (exact) mass is 528 g/mol. The Morgan fingerprint density at radius 1 is 1.00 bits per heavy atom. The van der Waals surface area contributed by atoms with Crippen LogP contribution in [0, 0.1) is 0 Å². The van der Waals surface area contributed by atoms with Crippen molar-refractivity contribution in [3.63, 3.8) is 0 Å². The Labute approximate surface area is 221 Å². The molecule has 1 fully saturated rings. The lowest BCUT2D eigenvalue weighted by Crippen LogP contribution is -2.48. The Hall–Kier alpha value is -2.80. The predicted molar refractivity (Wildman–Crippen MR) is 142 cm³/mol. The number of benzene rings is 2. The van der Waals surface area contributed by atoms with E-state index in [1.165, 1.54) is 17.9 Å². The predicted octanol–water partition coefficient (Wildman–Crippen LogP) is 5.78. The molecule has 0 spiro atoms. The van der Waals surface area contributed by atoms with Gasteiger partial charge in [0.15, 0.2) is 0 Å². The number of hydrogen-bond donors (Lipinski definition) is 0. The summed E-state index contributed by atoms with van der Waals surface area (Å²) < 4.78 is 11.4. The third-order valence-corrected chi connectivity index (χ3v) is 6.91. The van der Waals surface area contributed by atoms with Crippen molar-refractivity contribution in [2.45, 2.75) is 39.3 Å². The van der Waals surface area contributed by atoms with Gasteiger partial charge < -0.3 is 14.1 Å². The van der Waals surface area contributed by atoms with Crippen LogP contribution in [-0.2, 0) is 18.6 Å². The molecule has 6 nitrogen and oxygen atoms in total. The summed E-state index contributed by atoms with van der Waals surface area (Å²) in [6.07, 6.45) is 1.38. The average Bonchev–Trinajstić information content (AvgIpc) is 2.83. The molecule has 1 amide bonds. The Balaban J connectivity index is 1.30. The zero-order valence-corrected chi connectivity index (χ0v) is 22.2. The van der Waals surface area contributed by atoms with Crippen LogP contribution in [0.5, 0.6) is 5.75 Å². The maximum absolute atomic E-state index is 12.9. The van der Waals surface area contributed by atoms with Crippen molar-refractivity contribution in [2.24, 2.45) is 0 Å². The molecule has 3 aromatic rings. The maximum atomic E-state index is 12.9. The molecule has 1 aliphatic rings. The Morgan fingerprint density at radius 2 is 1.64 bits per heavy atom. The summed E-state index contributed by atoms with van der Waals surface area (Å²) in [7, 11) is 0. The minimum Gasteiger partial charge on any atom is -0.482 e. The molecule has 0 saturated carbocycles. The van der Waals surface area contributed by atoms with E-state index in [0.29, 0.717) is 60.7 Å². The van der Waals surface area contributed by atoms with Crippen molar-refractivity contribution in [1.82, 2.24) is 9.80 Å². The van der Waals surface area contributed by atoms with Crippen molar-refractivity contribution >= 4 is 29.1 Å². The van der Waals surface area contributed by atoms with Gasteiger partial charge in [0, 0.05) is 32.2 Å². The van der Waals surface area contributed by atoms with Gasteiger partial charge in [-0.15, -0.1) is 0 Å². The molecule has 4 rings (SSSR count). The van der Waals surface area contributed by atoms with Crippen molar-refractivity contribution in [3.05, 3.63) is 97.5 Å². The zero-order chi connectivity index (χ0) is 25.9. The Kier molecular flexibility index (Phi) is 8.08. The van der Waals surface area contributed by atoms with Crippen LogP contribution in [0.15, 0.2) is 64.0 Å². The first-order valence-electron chi connectivity index (χ1n) is 11.9. The molecule has 0 aliphatic carbocycles. The smallest absolute Gasteiger partial charge is 0.256 e. The molecule has 1 aliphatic heterocycles. The van der Waals surface area contributed by atoms with E-state index >= 15 is 0 Å². The van der Waals surface area contributed by atoms with Crippen LogP contribution in [-0.4, -0.2) is 41.9 Å². The van der Waals surface area contributed by atoms with Gasteiger partial charge in [-0.2, -0.15) is 0 Å². The van der Waals surface area contributed by atoms with Gasteiger partial charge in [0.1, 0.15) is 18.6 Å². The van der Waals surface area contributed by atoms with Crippen molar-refractivity contribution in [3.8, 4) is 5.75 Å². The third-order valence-electron chi connectivity index (χ3n) is 6.28. The number of nitrogens with zero attached hydrogens (tertiary/aromatic N) is 2. The van der Waals surface area contributed by atoms with Crippen LogP contribution in [0.2, 0.25) is 10.0 Å². The summed E-state index contributed by atoms with van der Waals surface area (Å²) in [6, 6.07) is 14.7. The minimum absolute atomic E-state index is 0.0851. The molecule has 0 atom stereocenters. The fourth-order valence-corrected chi connectivity index (χ4v) is 4.64. The number of piperazine rings is 1. The van der Waals surface area contributed by atoms with Crippen LogP contribution in [0.3, 0.4) is 0 Å². The van der Waals surface area contributed by atoms with Crippen LogP contribution in [0.1, 0.15) is 48.0 Å². The first-order chi connectivity index (χ1) is 17.1. The number of carbonyl (C=O) groups excluding carboxylic acids is 1. The standard InChI is InChI=1S/C28H30Cl2N2O4/c1-28(2,3)20-9-7-19(8-10-20)17-36-25-18-35-21(15-24(25)33)16-31-11-13-32(14-12-31)27(34)26-22(29)5-4-6-23(26)30/h4-10,15,18H,11-14,16-17H2,1-3H3. The molecule has 190 valence electrons. The van der Waals surface area contributed by atoms with Gasteiger partial charge in [0.2, 0.25) is 11.2 Å². The van der Waals surface area contributed by atoms with E-state index in [1.54, 1.807) is 23.1 Å². The van der Waals surface area contributed by atoms with E-state index in [9.17, 15) is 9.59 Å². The fraction of sp³-hybridized carbons (Fsp3) is 0.357. The number of carbonyl (C=O) groups is 1. The van der Waals surface area contributed by atoms with Crippen LogP contribution < -0.4 is 10.2 Å². The summed E-state index contributed by atoms with van der Waals surface area (Å²) in [6.45, 7) is 9.60. The molecule has 0 bridgehead atoms. The van der Waals surface area contributed by atoms with Crippen LogP contribution >= 0.6 is 23.2 Å². The number of amides is 1. The number of hydrogen-bond acceptors (Lipinski definition) is 5. The van der Waals surface area contributed by atoms with Crippen LogP contribution in [0.4, 0.5) is 0 Å². The number of rotatable bonds is 6. The van der Waals surface area contributed by atoms with E-state index in [4.69, 9.17) is 32.4 Å². The van der Waals surface area contributed by atoms with Gasteiger partial charge in [-0.3, -0.25) is 14.5 Å². The normalized spacial score (nSPS) is 14.6. The summed E-state index contributed by atoms with van der Waals surface area (Å²) >= 11 is 12.4. The highest BCUT2D eigenvalue weighted by molar-refractivity contribution is 6.39. The third kappa shape index (κ3) is 6.30. The molecule has 0 unspecified atom stereocenters. The molecule has 2 aromatic carbocycles. The molecule has 2 heterocycles. The van der Waals surface area contributed by atoms with Gasteiger partial charge in [-0.1, -0.05) is 74.3 Å². The molecular formula is C28H30Cl2N2O4. The number of ether oxygens (including phenoxy) is 1. The highest BCUT2D eigenvalue weighted by Crippen LogP contribution is 2.26. The second-order valence-corrected chi connectivity index (χ2v) is 10.8. The Morgan fingerprint density at radius 3 is 2.22 bits per heavy atom. The lowest BCUT2D eigenvalue weighted by molar-refractivity contribution is 0.0619. The highest BCUT2D eigenvalue weighted by Gasteiger charge is 2.25. The van der Waals surface area contributed by atoms with Gasteiger partial charge in [0.05, 0.1) is 22.2 Å². The molecule has 0 radical (unpaired) electrons. The van der Waals surface area contributed by atoms with E-state index in [1.807, 2.05) is 12.1 Å². The summed E-state index contributed by atoms with van der Waals surface area (Å²) in [5.74, 6) is 0.563. The second-order valence-electron chi connectivity index (χ2n) is 9.98. The summed E-state index contributed by atoms with van der Waals surface area (Å²) in [4.78, 5) is 29.3. The maximum Gasteiger partial charge on any atom is 0.256 e. The lowest BCUT2D eigenvalue weighted by atomic mass is 9.87. The molecule has 1 saturated heterocycles. The SMILES string of the molecule is CC(C)(C)c1ccc(COc2coc(CN3CCN(C(=O)c4c(Cl)cccc4Cl)CC3)cc2=O)cc1. The highest BCUT2D eigenvalue weighted by atomic mass is 35.5. The van der Waals surface area contributed by atoms with E-state index in [2.05, 4.69) is 37.8 Å². The van der Waals surface area contributed by atoms with Crippen molar-refractivity contribution in [1.29, 1.82) is 0 Å². The quantitative estimate of drug-likeness (QED) is 0.405. The van der Waals surface area contributed by atoms with Crippen LogP contribution in [0.25, 0.3) is 0 Å². The van der Waals surface area contributed by atoms with Crippen molar-refractivity contribution < 1.29 is 13.9 Å². The zero-order valence-electron chi connectivity index (χ0n) is 20.7. The van der Waals surface area contributed by atoms with E-state index < -0.39 is 0 Å². The lowest BCUT2D eigenvalue weighted by Gasteiger charge is -2.34. The molecular weight excluding hydrogens is 499 g/mol. The second kappa shape index (κ2) is 11.1. The number of halogens is 2. The summed E-state index contributed by atoms with van der Waals surface area (Å²) in [5.41, 5.74) is 2.43. The molecule has 1 aromatic heterocycles. The first kappa shape index (κ1) is 26.3. The van der Waals surface area contributed by atoms with Gasteiger partial charge in [-0.25, -0.2) is 0 Å². The van der Waals surface area contributed by atoms with Gasteiger partial charge in [-0.05, 0) is 28.7 Å². The van der Waals surface area contributed by atoms with Crippen molar-refractivity contribution in [2.75, 3.05) is 26.2 Å². The topological polar surface area (TPSA) is 63.0 Å². The fourth-order valence-electron chi connectivity index (χ4n) is 4.08. The minimum atomic E-state index is -0.218. The first-order valence-corrected chi connectivity index (χ1v) is 12.7. The summed E-state index contributed by atoms with van der Waals surface area (Å²) in [5, 5.41) is 0.696. The van der Waals surface area contributed by atoms with Gasteiger partial charge >= 0.3 is 0 Å². The average molecular weight is 529 g/mol. The largest absolute Gasteiger partial charge is 0.482 e. The van der Waals surface area contributed by atoms with E-state index in [0.717, 1.165) is 5.56 Å². The van der Waals surface area contributed by atoms with Gasteiger partial charge in [0.25, 0.3) is 5.91 Å². The van der Waals surface area contributed by atoms with E-state index in [-0.39, 0.29) is 22.5 Å².